The minimum Gasteiger partial charge on any atom is -0.338 e. The topological polar surface area (TPSA) is 76.7 Å². The van der Waals surface area contributed by atoms with Crippen LogP contribution >= 0.6 is 0 Å². The van der Waals surface area contributed by atoms with Crippen molar-refractivity contribution in [3.05, 3.63) is 24.4 Å². The first-order valence-electron chi connectivity index (χ1n) is 5.66. The molecule has 3 rings (SSSR count). The van der Waals surface area contributed by atoms with Gasteiger partial charge in [0.15, 0.2) is 0 Å². The lowest BCUT2D eigenvalue weighted by Gasteiger charge is -2.07. The van der Waals surface area contributed by atoms with Gasteiger partial charge in [0.2, 0.25) is 17.5 Å². The third-order valence-corrected chi connectivity index (χ3v) is 3.04. The van der Waals surface area contributed by atoms with Crippen LogP contribution in [0.5, 0.6) is 0 Å². The van der Waals surface area contributed by atoms with Crippen molar-refractivity contribution in [2.24, 2.45) is 5.92 Å². The Kier molecular flexibility index (Phi) is 2.56. The molecular formula is C11H13N5O. The van der Waals surface area contributed by atoms with Gasteiger partial charge in [-0.25, -0.2) is 9.97 Å². The molecule has 1 saturated heterocycles. The minimum absolute atomic E-state index is 0.292. The van der Waals surface area contributed by atoms with Crippen LogP contribution in [0.1, 0.15) is 18.7 Å². The van der Waals surface area contributed by atoms with Gasteiger partial charge in [0, 0.05) is 18.9 Å². The molecule has 1 N–H and O–H groups in total. The number of rotatable bonds is 2. The SMILES string of the molecule is C[C@@H]1CNC[C@H]1c1nc(-c2ncccn2)no1. The normalized spacial score (nSPS) is 24.1. The summed E-state index contributed by atoms with van der Waals surface area (Å²) in [6.07, 6.45) is 3.33. The maximum atomic E-state index is 5.29. The Hall–Kier alpha value is -1.82. The van der Waals surface area contributed by atoms with Crippen LogP contribution in [0, 0.1) is 5.92 Å². The molecule has 6 heteroatoms. The zero-order valence-corrected chi connectivity index (χ0v) is 9.50. The van der Waals surface area contributed by atoms with Gasteiger partial charge in [-0.05, 0) is 18.5 Å². The Labute approximate surface area is 98.5 Å². The molecule has 0 radical (unpaired) electrons. The molecule has 0 saturated carbocycles. The van der Waals surface area contributed by atoms with E-state index in [4.69, 9.17) is 4.52 Å². The fraction of sp³-hybridized carbons (Fsp3) is 0.455. The molecule has 6 nitrogen and oxygen atoms in total. The van der Waals surface area contributed by atoms with E-state index < -0.39 is 0 Å². The first kappa shape index (κ1) is 10.3. The summed E-state index contributed by atoms with van der Waals surface area (Å²) in [5, 5.41) is 7.24. The number of nitrogens with zero attached hydrogens (tertiary/aromatic N) is 4. The van der Waals surface area contributed by atoms with Gasteiger partial charge < -0.3 is 9.84 Å². The van der Waals surface area contributed by atoms with Crippen LogP contribution in [0.3, 0.4) is 0 Å². The molecule has 0 aromatic carbocycles. The maximum Gasteiger partial charge on any atom is 0.240 e. The number of hydrogen-bond donors (Lipinski definition) is 1. The lowest BCUT2D eigenvalue weighted by Crippen LogP contribution is -2.08. The molecule has 2 atom stereocenters. The van der Waals surface area contributed by atoms with Gasteiger partial charge in [0.05, 0.1) is 5.92 Å². The molecule has 88 valence electrons. The van der Waals surface area contributed by atoms with Crippen LogP contribution in [-0.2, 0) is 0 Å². The lowest BCUT2D eigenvalue weighted by molar-refractivity contribution is 0.340. The number of hydrogen-bond acceptors (Lipinski definition) is 6. The van der Waals surface area contributed by atoms with Crippen LogP contribution in [0.2, 0.25) is 0 Å². The molecule has 1 aliphatic heterocycles. The first-order valence-corrected chi connectivity index (χ1v) is 5.66. The second-order valence-corrected chi connectivity index (χ2v) is 4.27. The van der Waals surface area contributed by atoms with E-state index >= 15 is 0 Å². The lowest BCUT2D eigenvalue weighted by atomic mass is 9.98. The van der Waals surface area contributed by atoms with Crippen molar-refractivity contribution in [3.8, 4) is 11.6 Å². The van der Waals surface area contributed by atoms with Gasteiger partial charge in [-0.3, -0.25) is 0 Å². The first-order chi connectivity index (χ1) is 8.34. The van der Waals surface area contributed by atoms with Crippen molar-refractivity contribution in [1.82, 2.24) is 25.4 Å². The molecule has 1 aliphatic rings. The summed E-state index contributed by atoms with van der Waals surface area (Å²) >= 11 is 0. The van der Waals surface area contributed by atoms with Gasteiger partial charge in [-0.15, -0.1) is 0 Å². The molecule has 0 unspecified atom stereocenters. The van der Waals surface area contributed by atoms with Gasteiger partial charge in [-0.1, -0.05) is 12.1 Å². The average molecular weight is 231 g/mol. The summed E-state index contributed by atoms with van der Waals surface area (Å²) in [5.74, 6) is 2.44. The average Bonchev–Trinajstić information content (AvgIpc) is 2.98. The van der Waals surface area contributed by atoms with E-state index in [2.05, 4.69) is 32.3 Å². The third-order valence-electron chi connectivity index (χ3n) is 3.04. The highest BCUT2D eigenvalue weighted by atomic mass is 16.5. The Morgan fingerprint density at radius 2 is 2.06 bits per heavy atom. The predicted octanol–water partition coefficient (Wildman–Crippen LogP) is 0.849. The van der Waals surface area contributed by atoms with E-state index in [0.717, 1.165) is 13.1 Å². The second-order valence-electron chi connectivity index (χ2n) is 4.27. The quantitative estimate of drug-likeness (QED) is 0.825. The van der Waals surface area contributed by atoms with E-state index in [1.165, 1.54) is 0 Å². The monoisotopic (exact) mass is 231 g/mol. The molecule has 0 aliphatic carbocycles. The van der Waals surface area contributed by atoms with E-state index in [1.54, 1.807) is 18.5 Å². The molecule has 0 spiro atoms. The van der Waals surface area contributed by atoms with Crippen molar-refractivity contribution in [1.29, 1.82) is 0 Å². The van der Waals surface area contributed by atoms with Crippen LogP contribution in [0.4, 0.5) is 0 Å². The van der Waals surface area contributed by atoms with Crippen molar-refractivity contribution < 1.29 is 4.52 Å². The summed E-state index contributed by atoms with van der Waals surface area (Å²) in [6, 6.07) is 1.76. The van der Waals surface area contributed by atoms with Crippen molar-refractivity contribution in [2.75, 3.05) is 13.1 Å². The summed E-state index contributed by atoms with van der Waals surface area (Å²) in [7, 11) is 0. The van der Waals surface area contributed by atoms with Crippen LogP contribution in [0.15, 0.2) is 23.0 Å². The highest BCUT2D eigenvalue weighted by Gasteiger charge is 2.29. The Balaban J connectivity index is 1.88. The number of nitrogens with one attached hydrogen (secondary N) is 1. The van der Waals surface area contributed by atoms with Gasteiger partial charge in [0.1, 0.15) is 0 Å². The van der Waals surface area contributed by atoms with Crippen molar-refractivity contribution in [2.45, 2.75) is 12.8 Å². The van der Waals surface area contributed by atoms with Gasteiger partial charge in [0.25, 0.3) is 0 Å². The largest absolute Gasteiger partial charge is 0.338 e. The summed E-state index contributed by atoms with van der Waals surface area (Å²) in [6.45, 7) is 4.05. The highest BCUT2D eigenvalue weighted by Crippen LogP contribution is 2.27. The fourth-order valence-electron chi connectivity index (χ4n) is 2.03. The summed E-state index contributed by atoms with van der Waals surface area (Å²) < 4.78 is 5.29. The van der Waals surface area contributed by atoms with E-state index in [9.17, 15) is 0 Å². The molecule has 3 heterocycles. The molecule has 17 heavy (non-hydrogen) atoms. The Bertz CT molecular complexity index is 498. The third kappa shape index (κ3) is 1.91. The van der Waals surface area contributed by atoms with E-state index in [1.807, 2.05) is 0 Å². The van der Waals surface area contributed by atoms with Crippen LogP contribution < -0.4 is 5.32 Å². The predicted molar refractivity (Wildman–Crippen MR) is 60.1 cm³/mol. The smallest absolute Gasteiger partial charge is 0.240 e. The Morgan fingerprint density at radius 3 is 2.76 bits per heavy atom. The van der Waals surface area contributed by atoms with Gasteiger partial charge in [-0.2, -0.15) is 4.98 Å². The summed E-state index contributed by atoms with van der Waals surface area (Å²) in [4.78, 5) is 12.6. The zero-order chi connectivity index (χ0) is 11.7. The standard InChI is InChI=1S/C11H13N5O/c1-7-5-12-6-8(7)11-15-10(16-17-11)9-13-3-2-4-14-9/h2-4,7-8,12H,5-6H2,1H3/t7-,8-/m1/s1. The van der Waals surface area contributed by atoms with Crippen molar-refractivity contribution >= 4 is 0 Å². The number of aromatic nitrogens is 4. The molecule has 2 aromatic rings. The highest BCUT2D eigenvalue weighted by molar-refractivity contribution is 5.40. The van der Waals surface area contributed by atoms with E-state index in [-0.39, 0.29) is 0 Å². The van der Waals surface area contributed by atoms with Crippen molar-refractivity contribution in [3.63, 3.8) is 0 Å². The maximum absolute atomic E-state index is 5.29. The minimum atomic E-state index is 0.292. The molecule has 1 fully saturated rings. The van der Waals surface area contributed by atoms with Gasteiger partial charge >= 0.3 is 0 Å². The van der Waals surface area contributed by atoms with E-state index in [0.29, 0.717) is 29.4 Å². The molecular weight excluding hydrogens is 218 g/mol. The second kappa shape index (κ2) is 4.21. The Morgan fingerprint density at radius 1 is 1.24 bits per heavy atom. The summed E-state index contributed by atoms with van der Waals surface area (Å²) in [5.41, 5.74) is 0. The molecule has 0 amide bonds. The fourth-order valence-corrected chi connectivity index (χ4v) is 2.03. The van der Waals surface area contributed by atoms with Crippen LogP contribution in [-0.4, -0.2) is 33.2 Å². The molecule has 0 bridgehead atoms. The zero-order valence-electron chi connectivity index (χ0n) is 9.50. The molecule has 2 aromatic heterocycles. The van der Waals surface area contributed by atoms with Crippen LogP contribution in [0.25, 0.3) is 11.6 Å².